The number of hydrogen-bond acceptors (Lipinski definition) is 3. The van der Waals surface area contributed by atoms with Crippen molar-refractivity contribution >= 4 is 11.9 Å². The van der Waals surface area contributed by atoms with Crippen molar-refractivity contribution in [3.8, 4) is 0 Å². The molecule has 0 saturated carbocycles. The molecular formula is C12H19N3O3. The van der Waals surface area contributed by atoms with E-state index in [4.69, 9.17) is 5.11 Å². The van der Waals surface area contributed by atoms with E-state index in [1.807, 2.05) is 20.8 Å². The molecule has 1 heterocycles. The Balaban J connectivity index is 2.56. The quantitative estimate of drug-likeness (QED) is 0.785. The van der Waals surface area contributed by atoms with Gasteiger partial charge in [0.15, 0.2) is 0 Å². The Kier molecular flexibility index (Phi) is 4.88. The van der Waals surface area contributed by atoms with Gasteiger partial charge >= 0.3 is 5.97 Å². The van der Waals surface area contributed by atoms with E-state index in [1.165, 1.54) is 0 Å². The van der Waals surface area contributed by atoms with Gasteiger partial charge in [-0.3, -0.25) is 9.59 Å². The van der Waals surface area contributed by atoms with Crippen LogP contribution in [-0.4, -0.2) is 32.6 Å². The van der Waals surface area contributed by atoms with Gasteiger partial charge in [0.25, 0.3) is 0 Å². The van der Waals surface area contributed by atoms with Gasteiger partial charge in [-0.05, 0) is 12.8 Å². The summed E-state index contributed by atoms with van der Waals surface area (Å²) in [6.45, 7) is 5.74. The molecule has 1 atom stereocenters. The number of carboxylic acid groups (broad SMARTS) is 1. The van der Waals surface area contributed by atoms with E-state index in [9.17, 15) is 9.59 Å². The molecule has 1 aromatic rings. The molecule has 0 bridgehead atoms. The number of nitrogens with zero attached hydrogens (tertiary/aromatic N) is 2. The predicted molar refractivity (Wildman–Crippen MR) is 66.0 cm³/mol. The van der Waals surface area contributed by atoms with Crippen LogP contribution in [0.4, 0.5) is 0 Å². The maximum absolute atomic E-state index is 11.8. The van der Waals surface area contributed by atoms with Crippen molar-refractivity contribution < 1.29 is 14.7 Å². The van der Waals surface area contributed by atoms with E-state index in [2.05, 4.69) is 10.3 Å². The third-order valence-electron chi connectivity index (χ3n) is 2.78. The van der Waals surface area contributed by atoms with Crippen LogP contribution < -0.4 is 5.32 Å². The Labute approximate surface area is 106 Å². The van der Waals surface area contributed by atoms with Crippen molar-refractivity contribution in [1.29, 1.82) is 0 Å². The summed E-state index contributed by atoms with van der Waals surface area (Å²) in [6.07, 6.45) is 3.28. The molecule has 0 radical (unpaired) electrons. The van der Waals surface area contributed by atoms with Gasteiger partial charge in [0.1, 0.15) is 12.4 Å². The number of carbonyl (C=O) groups is 2. The SMILES string of the molecule is Cc1nccn1CC(=O)NC(CC(=O)O)C(C)C. The number of amides is 1. The molecule has 0 fully saturated rings. The first-order valence-corrected chi connectivity index (χ1v) is 5.89. The van der Waals surface area contributed by atoms with Gasteiger partial charge in [0, 0.05) is 18.4 Å². The molecule has 18 heavy (non-hydrogen) atoms. The van der Waals surface area contributed by atoms with Crippen molar-refractivity contribution in [1.82, 2.24) is 14.9 Å². The topological polar surface area (TPSA) is 84.2 Å². The molecule has 6 nitrogen and oxygen atoms in total. The zero-order valence-corrected chi connectivity index (χ0v) is 10.9. The van der Waals surface area contributed by atoms with Crippen molar-refractivity contribution in [2.75, 3.05) is 0 Å². The van der Waals surface area contributed by atoms with Crippen molar-refractivity contribution in [2.45, 2.75) is 39.8 Å². The maximum atomic E-state index is 11.8. The highest BCUT2D eigenvalue weighted by molar-refractivity contribution is 5.77. The summed E-state index contributed by atoms with van der Waals surface area (Å²) >= 11 is 0. The number of hydrogen-bond donors (Lipinski definition) is 2. The lowest BCUT2D eigenvalue weighted by molar-refractivity contribution is -0.138. The standard InChI is InChI=1S/C12H19N3O3/c1-8(2)10(6-12(17)18)14-11(16)7-15-5-4-13-9(15)3/h4-5,8,10H,6-7H2,1-3H3,(H,14,16)(H,17,18). The summed E-state index contributed by atoms with van der Waals surface area (Å²) in [5.41, 5.74) is 0. The lowest BCUT2D eigenvalue weighted by Gasteiger charge is -2.20. The van der Waals surface area contributed by atoms with E-state index >= 15 is 0 Å². The Hall–Kier alpha value is -1.85. The Morgan fingerprint density at radius 3 is 2.61 bits per heavy atom. The summed E-state index contributed by atoms with van der Waals surface area (Å²) < 4.78 is 1.72. The fourth-order valence-corrected chi connectivity index (χ4v) is 1.62. The minimum absolute atomic E-state index is 0.0632. The van der Waals surface area contributed by atoms with Crippen LogP contribution in [0.25, 0.3) is 0 Å². The molecule has 1 unspecified atom stereocenters. The lowest BCUT2D eigenvalue weighted by Crippen LogP contribution is -2.41. The molecule has 1 aromatic heterocycles. The highest BCUT2D eigenvalue weighted by Gasteiger charge is 2.19. The number of aryl methyl sites for hydroxylation is 1. The van der Waals surface area contributed by atoms with Crippen LogP contribution in [0.15, 0.2) is 12.4 Å². The molecule has 6 heteroatoms. The number of carboxylic acids is 1. The molecule has 0 aromatic carbocycles. The highest BCUT2D eigenvalue weighted by atomic mass is 16.4. The van der Waals surface area contributed by atoms with Gasteiger partial charge in [-0.25, -0.2) is 4.98 Å². The Bertz CT molecular complexity index is 426. The number of aromatic nitrogens is 2. The summed E-state index contributed by atoms with van der Waals surface area (Å²) in [4.78, 5) is 26.5. The molecule has 0 aliphatic rings. The average molecular weight is 253 g/mol. The summed E-state index contributed by atoms with van der Waals surface area (Å²) in [5.74, 6) is -0.276. The van der Waals surface area contributed by atoms with E-state index in [0.717, 1.165) is 5.82 Å². The second-order valence-electron chi connectivity index (χ2n) is 4.62. The number of carbonyl (C=O) groups excluding carboxylic acids is 1. The first-order chi connectivity index (χ1) is 8.40. The molecule has 0 aliphatic heterocycles. The molecule has 2 N–H and O–H groups in total. The largest absolute Gasteiger partial charge is 0.481 e. The smallest absolute Gasteiger partial charge is 0.305 e. The van der Waals surface area contributed by atoms with Crippen molar-refractivity contribution in [2.24, 2.45) is 5.92 Å². The monoisotopic (exact) mass is 253 g/mol. The molecule has 100 valence electrons. The van der Waals surface area contributed by atoms with Crippen LogP contribution >= 0.6 is 0 Å². The van der Waals surface area contributed by atoms with E-state index in [-0.39, 0.29) is 30.8 Å². The van der Waals surface area contributed by atoms with Crippen LogP contribution in [-0.2, 0) is 16.1 Å². The van der Waals surface area contributed by atoms with Gasteiger partial charge in [-0.15, -0.1) is 0 Å². The van der Waals surface area contributed by atoms with Gasteiger partial charge in [0.2, 0.25) is 5.91 Å². The maximum Gasteiger partial charge on any atom is 0.305 e. The fourth-order valence-electron chi connectivity index (χ4n) is 1.62. The van der Waals surface area contributed by atoms with Crippen molar-refractivity contribution in [3.63, 3.8) is 0 Å². The predicted octanol–water partition coefficient (Wildman–Crippen LogP) is 0.807. The second kappa shape index (κ2) is 6.18. The molecule has 1 rings (SSSR count). The molecule has 0 saturated heterocycles. The van der Waals surface area contributed by atoms with Crippen molar-refractivity contribution in [3.05, 3.63) is 18.2 Å². The molecule has 1 amide bonds. The summed E-state index contributed by atoms with van der Waals surface area (Å²) in [5, 5.41) is 11.5. The minimum atomic E-state index is -0.909. The van der Waals surface area contributed by atoms with Gasteiger partial charge in [-0.1, -0.05) is 13.8 Å². The number of rotatable bonds is 6. The normalized spacial score (nSPS) is 12.4. The number of imidazole rings is 1. The lowest BCUT2D eigenvalue weighted by atomic mass is 10.0. The van der Waals surface area contributed by atoms with E-state index in [0.29, 0.717) is 0 Å². The van der Waals surface area contributed by atoms with Crippen LogP contribution in [0.3, 0.4) is 0 Å². The zero-order valence-electron chi connectivity index (χ0n) is 10.9. The minimum Gasteiger partial charge on any atom is -0.481 e. The molecule has 0 aliphatic carbocycles. The average Bonchev–Trinajstić information content (AvgIpc) is 2.62. The first-order valence-electron chi connectivity index (χ1n) is 5.89. The molecule has 0 spiro atoms. The fraction of sp³-hybridized carbons (Fsp3) is 0.583. The van der Waals surface area contributed by atoms with Gasteiger partial charge in [0.05, 0.1) is 6.42 Å². The summed E-state index contributed by atoms with van der Waals surface area (Å²) in [7, 11) is 0. The third kappa shape index (κ3) is 4.20. The molecular weight excluding hydrogens is 234 g/mol. The Morgan fingerprint density at radius 2 is 2.17 bits per heavy atom. The first kappa shape index (κ1) is 14.2. The summed E-state index contributed by atoms with van der Waals surface area (Å²) in [6, 6.07) is -0.348. The van der Waals surface area contributed by atoms with Gasteiger partial charge in [-0.2, -0.15) is 0 Å². The van der Waals surface area contributed by atoms with Crippen LogP contribution in [0, 0.1) is 12.8 Å². The van der Waals surface area contributed by atoms with Crippen LogP contribution in [0.2, 0.25) is 0 Å². The van der Waals surface area contributed by atoms with E-state index < -0.39 is 5.97 Å². The van der Waals surface area contributed by atoms with Crippen LogP contribution in [0.5, 0.6) is 0 Å². The van der Waals surface area contributed by atoms with E-state index in [1.54, 1.807) is 17.0 Å². The number of aliphatic carboxylic acids is 1. The number of nitrogens with one attached hydrogen (secondary N) is 1. The third-order valence-corrected chi connectivity index (χ3v) is 2.78. The van der Waals surface area contributed by atoms with Gasteiger partial charge < -0.3 is 15.0 Å². The van der Waals surface area contributed by atoms with Crippen LogP contribution in [0.1, 0.15) is 26.1 Å². The second-order valence-corrected chi connectivity index (χ2v) is 4.62. The highest BCUT2D eigenvalue weighted by Crippen LogP contribution is 2.06. The Morgan fingerprint density at radius 1 is 1.50 bits per heavy atom. The zero-order chi connectivity index (χ0) is 13.7.